The van der Waals surface area contributed by atoms with Crippen LogP contribution in [0.5, 0.6) is 0 Å². The van der Waals surface area contributed by atoms with E-state index in [4.69, 9.17) is 5.11 Å². The van der Waals surface area contributed by atoms with Crippen LogP contribution in [-0.2, 0) is 9.59 Å². The second-order valence-corrected chi connectivity index (χ2v) is 5.87. The van der Waals surface area contributed by atoms with Crippen LogP contribution in [-0.4, -0.2) is 23.5 Å². The first kappa shape index (κ1) is 18.2. The van der Waals surface area contributed by atoms with Gasteiger partial charge in [-0.1, -0.05) is 44.0 Å². The quantitative estimate of drug-likeness (QED) is 0.649. The number of rotatable bonds is 10. The molecule has 0 spiro atoms. The molecule has 0 radical (unpaired) electrons. The van der Waals surface area contributed by atoms with Crippen molar-refractivity contribution in [2.75, 3.05) is 6.54 Å². The zero-order chi connectivity index (χ0) is 16.4. The van der Waals surface area contributed by atoms with E-state index in [0.29, 0.717) is 19.4 Å². The van der Waals surface area contributed by atoms with Gasteiger partial charge >= 0.3 is 5.97 Å². The number of carboxylic acids is 1. The fraction of sp³-hybridized carbons (Fsp3) is 0.556. The van der Waals surface area contributed by atoms with Gasteiger partial charge in [-0.05, 0) is 36.8 Å². The molecule has 4 nitrogen and oxygen atoms in total. The number of hydrogen-bond acceptors (Lipinski definition) is 2. The van der Waals surface area contributed by atoms with Crippen LogP contribution in [0.25, 0.3) is 0 Å². The SMILES string of the molecule is Cc1ccccc1C(C)CC(=O)NCCCCCCC(=O)O. The lowest BCUT2D eigenvalue weighted by Gasteiger charge is -2.14. The summed E-state index contributed by atoms with van der Waals surface area (Å²) in [5.74, 6) is -0.434. The van der Waals surface area contributed by atoms with E-state index < -0.39 is 5.97 Å². The molecule has 0 aliphatic heterocycles. The number of nitrogens with one attached hydrogen (secondary N) is 1. The van der Waals surface area contributed by atoms with Gasteiger partial charge < -0.3 is 10.4 Å². The third-order valence-electron chi connectivity index (χ3n) is 3.85. The number of hydrogen-bond donors (Lipinski definition) is 2. The summed E-state index contributed by atoms with van der Waals surface area (Å²) in [6, 6.07) is 8.17. The van der Waals surface area contributed by atoms with Crippen molar-refractivity contribution in [1.82, 2.24) is 5.32 Å². The first-order valence-electron chi connectivity index (χ1n) is 8.04. The summed E-state index contributed by atoms with van der Waals surface area (Å²) < 4.78 is 0. The number of aryl methyl sites for hydroxylation is 1. The smallest absolute Gasteiger partial charge is 0.303 e. The van der Waals surface area contributed by atoms with E-state index >= 15 is 0 Å². The number of amides is 1. The van der Waals surface area contributed by atoms with E-state index in [2.05, 4.69) is 31.3 Å². The number of aliphatic carboxylic acids is 1. The number of carboxylic acid groups (broad SMARTS) is 1. The highest BCUT2D eigenvalue weighted by molar-refractivity contribution is 5.76. The Bertz CT molecular complexity index is 485. The van der Waals surface area contributed by atoms with Gasteiger partial charge in [0, 0.05) is 19.4 Å². The predicted molar refractivity (Wildman–Crippen MR) is 87.9 cm³/mol. The summed E-state index contributed by atoms with van der Waals surface area (Å²) in [5, 5.41) is 11.5. The molecule has 4 heteroatoms. The summed E-state index contributed by atoms with van der Waals surface area (Å²) in [6.45, 7) is 4.82. The summed E-state index contributed by atoms with van der Waals surface area (Å²) in [5.41, 5.74) is 2.45. The minimum atomic E-state index is -0.738. The van der Waals surface area contributed by atoms with Crippen molar-refractivity contribution in [3.63, 3.8) is 0 Å². The molecule has 2 N–H and O–H groups in total. The molecular weight excluding hydrogens is 278 g/mol. The molecule has 1 aromatic rings. The lowest BCUT2D eigenvalue weighted by atomic mass is 9.93. The maximum Gasteiger partial charge on any atom is 0.303 e. The Labute approximate surface area is 132 Å². The second kappa shape index (κ2) is 9.98. The third kappa shape index (κ3) is 7.25. The fourth-order valence-electron chi connectivity index (χ4n) is 2.58. The molecule has 1 atom stereocenters. The summed E-state index contributed by atoms with van der Waals surface area (Å²) >= 11 is 0. The molecule has 0 saturated heterocycles. The van der Waals surface area contributed by atoms with Gasteiger partial charge in [-0.2, -0.15) is 0 Å². The Balaban J connectivity index is 2.16. The molecule has 0 aliphatic rings. The Kier molecular flexibility index (Phi) is 8.26. The number of benzene rings is 1. The molecule has 0 heterocycles. The standard InChI is InChI=1S/C18H27NO3/c1-14-9-6-7-10-16(14)15(2)13-17(20)19-12-8-4-3-5-11-18(21)22/h6-7,9-10,15H,3-5,8,11-13H2,1-2H3,(H,19,20)(H,21,22). The van der Waals surface area contributed by atoms with Gasteiger partial charge in [0.25, 0.3) is 0 Å². The van der Waals surface area contributed by atoms with Crippen LogP contribution >= 0.6 is 0 Å². The number of carbonyl (C=O) groups excluding carboxylic acids is 1. The van der Waals surface area contributed by atoms with Gasteiger partial charge in [0.1, 0.15) is 0 Å². The van der Waals surface area contributed by atoms with Crippen LogP contribution in [0.2, 0.25) is 0 Å². The van der Waals surface area contributed by atoms with E-state index in [0.717, 1.165) is 19.3 Å². The van der Waals surface area contributed by atoms with Crippen LogP contribution in [0.1, 0.15) is 62.5 Å². The molecule has 0 aliphatic carbocycles. The zero-order valence-electron chi connectivity index (χ0n) is 13.6. The van der Waals surface area contributed by atoms with Gasteiger partial charge in [0.2, 0.25) is 5.91 Å². The molecule has 22 heavy (non-hydrogen) atoms. The number of carbonyl (C=O) groups is 2. The van der Waals surface area contributed by atoms with E-state index in [1.807, 2.05) is 12.1 Å². The average Bonchev–Trinajstić information content (AvgIpc) is 2.46. The number of unbranched alkanes of at least 4 members (excludes halogenated alkanes) is 3. The van der Waals surface area contributed by atoms with Crippen molar-refractivity contribution < 1.29 is 14.7 Å². The predicted octanol–water partition coefficient (Wildman–Crippen LogP) is 3.64. The molecule has 1 unspecified atom stereocenters. The maximum atomic E-state index is 11.9. The van der Waals surface area contributed by atoms with Crippen LogP contribution in [0, 0.1) is 6.92 Å². The van der Waals surface area contributed by atoms with Crippen LogP contribution in [0.4, 0.5) is 0 Å². The summed E-state index contributed by atoms with van der Waals surface area (Å²) in [7, 11) is 0. The van der Waals surface area contributed by atoms with Gasteiger partial charge in [-0.25, -0.2) is 0 Å². The lowest BCUT2D eigenvalue weighted by Crippen LogP contribution is -2.25. The molecule has 122 valence electrons. The van der Waals surface area contributed by atoms with Crippen molar-refractivity contribution in [3.05, 3.63) is 35.4 Å². The van der Waals surface area contributed by atoms with Gasteiger partial charge in [-0.15, -0.1) is 0 Å². The third-order valence-corrected chi connectivity index (χ3v) is 3.85. The first-order chi connectivity index (χ1) is 10.5. The van der Waals surface area contributed by atoms with Crippen LogP contribution in [0.3, 0.4) is 0 Å². The van der Waals surface area contributed by atoms with E-state index in [9.17, 15) is 9.59 Å². The highest BCUT2D eigenvalue weighted by Crippen LogP contribution is 2.22. The first-order valence-corrected chi connectivity index (χ1v) is 8.04. The van der Waals surface area contributed by atoms with E-state index in [-0.39, 0.29) is 18.2 Å². The van der Waals surface area contributed by atoms with Crippen LogP contribution in [0.15, 0.2) is 24.3 Å². The Hall–Kier alpha value is -1.84. The summed E-state index contributed by atoms with van der Waals surface area (Å²) in [6.07, 6.45) is 4.23. The van der Waals surface area contributed by atoms with Gasteiger partial charge in [0.15, 0.2) is 0 Å². The molecule has 1 rings (SSSR count). The average molecular weight is 305 g/mol. The summed E-state index contributed by atoms with van der Waals surface area (Å²) in [4.78, 5) is 22.3. The van der Waals surface area contributed by atoms with Crippen molar-refractivity contribution in [1.29, 1.82) is 0 Å². The van der Waals surface area contributed by atoms with E-state index in [1.165, 1.54) is 11.1 Å². The van der Waals surface area contributed by atoms with Gasteiger partial charge in [-0.3, -0.25) is 9.59 Å². The Morgan fingerprint density at radius 2 is 1.82 bits per heavy atom. The topological polar surface area (TPSA) is 66.4 Å². The lowest BCUT2D eigenvalue weighted by molar-refractivity contribution is -0.137. The normalized spacial score (nSPS) is 11.9. The van der Waals surface area contributed by atoms with Crippen molar-refractivity contribution >= 4 is 11.9 Å². The molecule has 1 amide bonds. The minimum Gasteiger partial charge on any atom is -0.481 e. The molecule has 0 fully saturated rings. The highest BCUT2D eigenvalue weighted by Gasteiger charge is 2.12. The molecule has 0 aromatic heterocycles. The Morgan fingerprint density at radius 1 is 1.14 bits per heavy atom. The van der Waals surface area contributed by atoms with Gasteiger partial charge in [0.05, 0.1) is 0 Å². The van der Waals surface area contributed by atoms with Crippen molar-refractivity contribution in [3.8, 4) is 0 Å². The largest absolute Gasteiger partial charge is 0.481 e. The molecular formula is C18H27NO3. The zero-order valence-corrected chi connectivity index (χ0v) is 13.6. The fourth-order valence-corrected chi connectivity index (χ4v) is 2.58. The minimum absolute atomic E-state index is 0.0845. The van der Waals surface area contributed by atoms with Crippen LogP contribution < -0.4 is 5.32 Å². The molecule has 1 aromatic carbocycles. The molecule has 0 saturated carbocycles. The highest BCUT2D eigenvalue weighted by atomic mass is 16.4. The maximum absolute atomic E-state index is 11.9. The molecule has 0 bridgehead atoms. The van der Waals surface area contributed by atoms with E-state index in [1.54, 1.807) is 0 Å². The van der Waals surface area contributed by atoms with Crippen molar-refractivity contribution in [2.24, 2.45) is 0 Å². The van der Waals surface area contributed by atoms with Crippen molar-refractivity contribution in [2.45, 2.75) is 58.3 Å². The Morgan fingerprint density at radius 3 is 2.50 bits per heavy atom. The second-order valence-electron chi connectivity index (χ2n) is 5.87. The monoisotopic (exact) mass is 305 g/mol.